The van der Waals surface area contributed by atoms with Crippen LogP contribution in [0.5, 0.6) is 5.75 Å². The van der Waals surface area contributed by atoms with E-state index in [1.54, 1.807) is 11.3 Å². The van der Waals surface area contributed by atoms with Gasteiger partial charge in [0.15, 0.2) is 5.13 Å². The van der Waals surface area contributed by atoms with E-state index in [9.17, 15) is 9.90 Å². The van der Waals surface area contributed by atoms with Crippen molar-refractivity contribution >= 4 is 22.4 Å². The zero-order valence-corrected chi connectivity index (χ0v) is 25.9. The number of fused-ring (bicyclic) bond motifs is 5. The number of anilines is 1. The van der Waals surface area contributed by atoms with Crippen LogP contribution in [0.15, 0.2) is 18.3 Å². The van der Waals surface area contributed by atoms with Crippen molar-refractivity contribution in [2.45, 2.75) is 111 Å². The quantitative estimate of drug-likeness (QED) is 0.332. The van der Waals surface area contributed by atoms with E-state index in [1.165, 1.54) is 30.4 Å². The van der Waals surface area contributed by atoms with Crippen molar-refractivity contribution in [3.63, 3.8) is 0 Å². The third-order valence-electron chi connectivity index (χ3n) is 10.2. The Hall–Kier alpha value is -1.92. The molecule has 3 N–H and O–H groups in total. The van der Waals surface area contributed by atoms with Gasteiger partial charge < -0.3 is 15.7 Å². The zero-order valence-electron chi connectivity index (χ0n) is 25.1. The normalized spacial score (nSPS) is 30.1. The molecule has 0 spiro atoms. The standard InChI is InChI=1S/C33H49N3O2S/c1-19(2)17-34-28-15-22(9-11-29(38)36-31-35-18-20(3)39-31)30-24-10-8-21-14-27(37)26(32(4,5)6)16-25(21)23(24)12-13-33(28,30)7/h14,16,18-19,22-24,28,30,34,37H,8-13,15,17H2,1-7H3,(H,35,36,38)/t22-,23?,24?,28?,30?,33-/m1/s1. The molecule has 1 aromatic heterocycles. The largest absolute Gasteiger partial charge is 0.508 e. The van der Waals surface area contributed by atoms with Crippen LogP contribution in [0, 0.1) is 36.0 Å². The van der Waals surface area contributed by atoms with Gasteiger partial charge in [0.1, 0.15) is 5.75 Å². The van der Waals surface area contributed by atoms with E-state index in [-0.39, 0.29) is 16.7 Å². The average molecular weight is 552 g/mol. The number of aromatic nitrogens is 1. The first-order valence-corrected chi connectivity index (χ1v) is 16.0. The molecular weight excluding hydrogens is 502 g/mol. The van der Waals surface area contributed by atoms with Gasteiger partial charge in [-0.1, -0.05) is 47.6 Å². The lowest BCUT2D eigenvalue weighted by molar-refractivity contribution is -0.116. The Morgan fingerprint density at radius 1 is 1.26 bits per heavy atom. The molecule has 6 atom stereocenters. The fourth-order valence-corrected chi connectivity index (χ4v) is 9.08. The molecule has 2 aromatic rings. The Bertz CT molecular complexity index is 1200. The highest BCUT2D eigenvalue weighted by molar-refractivity contribution is 7.15. The van der Waals surface area contributed by atoms with E-state index >= 15 is 0 Å². The highest BCUT2D eigenvalue weighted by Gasteiger charge is 2.58. The molecule has 214 valence electrons. The van der Waals surface area contributed by atoms with Crippen LogP contribution in [0.3, 0.4) is 0 Å². The summed E-state index contributed by atoms with van der Waals surface area (Å²) in [6, 6.07) is 4.93. The van der Waals surface area contributed by atoms with Crippen LogP contribution in [0.1, 0.15) is 108 Å². The van der Waals surface area contributed by atoms with Gasteiger partial charge in [0.25, 0.3) is 0 Å². The second kappa shape index (κ2) is 10.8. The molecule has 2 saturated carbocycles. The third kappa shape index (κ3) is 5.66. The van der Waals surface area contributed by atoms with Crippen molar-refractivity contribution in [1.29, 1.82) is 0 Å². The highest BCUT2D eigenvalue weighted by Crippen LogP contribution is 2.63. The summed E-state index contributed by atoms with van der Waals surface area (Å²) >= 11 is 1.54. The minimum Gasteiger partial charge on any atom is -0.508 e. The van der Waals surface area contributed by atoms with Gasteiger partial charge in [-0.05, 0) is 115 Å². The maximum atomic E-state index is 12.9. The third-order valence-corrected chi connectivity index (χ3v) is 11.0. The molecule has 3 aliphatic rings. The number of hydrogen-bond donors (Lipinski definition) is 3. The molecule has 2 fully saturated rings. The van der Waals surface area contributed by atoms with E-state index in [4.69, 9.17) is 0 Å². The molecule has 5 nitrogen and oxygen atoms in total. The number of phenolic OH excluding ortho intramolecular Hbond substituents is 1. The molecule has 5 rings (SSSR count). The Balaban J connectivity index is 1.40. The van der Waals surface area contributed by atoms with Crippen molar-refractivity contribution in [3.05, 3.63) is 39.9 Å². The molecule has 1 amide bonds. The molecule has 0 bridgehead atoms. The number of amides is 1. The minimum atomic E-state index is -0.0830. The van der Waals surface area contributed by atoms with Crippen molar-refractivity contribution in [2.24, 2.45) is 29.1 Å². The van der Waals surface area contributed by atoms with Crippen LogP contribution in [0.4, 0.5) is 5.13 Å². The maximum Gasteiger partial charge on any atom is 0.226 e. The van der Waals surface area contributed by atoms with Crippen molar-refractivity contribution in [3.8, 4) is 5.75 Å². The lowest BCUT2D eigenvalue weighted by Gasteiger charge is -2.52. The molecule has 1 aromatic carbocycles. The number of nitrogens with zero attached hydrogens (tertiary/aromatic N) is 1. The van der Waals surface area contributed by atoms with Crippen molar-refractivity contribution in [1.82, 2.24) is 10.3 Å². The number of nitrogens with one attached hydrogen (secondary N) is 2. The Morgan fingerprint density at radius 3 is 2.69 bits per heavy atom. The Morgan fingerprint density at radius 2 is 2.03 bits per heavy atom. The number of benzene rings is 1. The molecule has 39 heavy (non-hydrogen) atoms. The molecule has 1 heterocycles. The molecule has 4 unspecified atom stereocenters. The Kier molecular flexibility index (Phi) is 7.93. The summed E-state index contributed by atoms with van der Waals surface area (Å²) < 4.78 is 0. The van der Waals surface area contributed by atoms with Gasteiger partial charge in [-0.25, -0.2) is 4.98 Å². The van der Waals surface area contributed by atoms with E-state index in [1.807, 2.05) is 13.1 Å². The van der Waals surface area contributed by atoms with Crippen LogP contribution in [-0.4, -0.2) is 28.6 Å². The first-order chi connectivity index (χ1) is 18.4. The predicted octanol–water partition coefficient (Wildman–Crippen LogP) is 7.57. The molecule has 0 radical (unpaired) electrons. The van der Waals surface area contributed by atoms with Crippen molar-refractivity contribution < 1.29 is 9.90 Å². The predicted molar refractivity (Wildman–Crippen MR) is 162 cm³/mol. The molecule has 0 saturated heterocycles. The second-order valence-corrected chi connectivity index (χ2v) is 15.6. The maximum absolute atomic E-state index is 12.9. The summed E-state index contributed by atoms with van der Waals surface area (Å²) in [5, 5.41) is 18.6. The van der Waals surface area contributed by atoms with Gasteiger partial charge in [0.05, 0.1) is 0 Å². The van der Waals surface area contributed by atoms with Gasteiger partial charge in [0.2, 0.25) is 5.91 Å². The molecule has 3 aliphatic carbocycles. The first kappa shape index (κ1) is 28.6. The molecular formula is C33H49N3O2S. The number of thiazole rings is 1. The SMILES string of the molecule is Cc1cnc(NC(=O)CC[C@@H]2CC(NCC(C)C)[C@@]3(C)CCC4c5cc(C(C)(C)C)c(O)cc5CCC4C23)s1. The number of rotatable bonds is 7. The van der Waals surface area contributed by atoms with Gasteiger partial charge >= 0.3 is 0 Å². The minimum absolute atomic E-state index is 0.0830. The molecule has 6 heteroatoms. The topological polar surface area (TPSA) is 74.2 Å². The lowest BCUT2D eigenvalue weighted by Crippen LogP contribution is -2.49. The van der Waals surface area contributed by atoms with E-state index < -0.39 is 0 Å². The van der Waals surface area contributed by atoms with Crippen LogP contribution < -0.4 is 10.6 Å². The number of carbonyl (C=O) groups is 1. The van der Waals surface area contributed by atoms with Crippen LogP contribution in [0.2, 0.25) is 0 Å². The Labute approximate surface area is 239 Å². The number of aromatic hydroxyl groups is 1. The average Bonchev–Trinajstić information content (AvgIpc) is 3.39. The number of phenols is 1. The van der Waals surface area contributed by atoms with E-state index in [2.05, 4.69) is 69.3 Å². The summed E-state index contributed by atoms with van der Waals surface area (Å²) in [6.45, 7) is 16.8. The van der Waals surface area contributed by atoms with Gasteiger partial charge in [0, 0.05) is 23.5 Å². The summed E-state index contributed by atoms with van der Waals surface area (Å²) in [5.74, 6) is 3.50. The summed E-state index contributed by atoms with van der Waals surface area (Å²) in [6.07, 6.45) is 9.15. The van der Waals surface area contributed by atoms with E-state index in [0.717, 1.165) is 36.2 Å². The number of hydrogen-bond acceptors (Lipinski definition) is 5. The lowest BCUT2D eigenvalue weighted by atomic mass is 9.53. The van der Waals surface area contributed by atoms with Gasteiger partial charge in [-0.3, -0.25) is 4.79 Å². The van der Waals surface area contributed by atoms with Gasteiger partial charge in [-0.2, -0.15) is 0 Å². The fourth-order valence-electron chi connectivity index (χ4n) is 8.40. The number of carbonyl (C=O) groups excluding carboxylic acids is 1. The van der Waals surface area contributed by atoms with E-state index in [0.29, 0.717) is 52.9 Å². The van der Waals surface area contributed by atoms with Crippen molar-refractivity contribution in [2.75, 3.05) is 11.9 Å². The molecule has 0 aliphatic heterocycles. The highest BCUT2D eigenvalue weighted by atomic mass is 32.1. The zero-order chi connectivity index (χ0) is 28.1. The van der Waals surface area contributed by atoms with Crippen LogP contribution in [0.25, 0.3) is 0 Å². The smallest absolute Gasteiger partial charge is 0.226 e. The summed E-state index contributed by atoms with van der Waals surface area (Å²) in [5.41, 5.74) is 4.09. The first-order valence-electron chi connectivity index (χ1n) is 15.2. The van der Waals surface area contributed by atoms with Gasteiger partial charge in [-0.15, -0.1) is 11.3 Å². The number of aryl methyl sites for hydroxylation is 2. The summed E-state index contributed by atoms with van der Waals surface area (Å²) in [4.78, 5) is 18.4. The van der Waals surface area contributed by atoms with Crippen LogP contribution in [-0.2, 0) is 16.6 Å². The second-order valence-electron chi connectivity index (χ2n) is 14.4. The summed E-state index contributed by atoms with van der Waals surface area (Å²) in [7, 11) is 0. The monoisotopic (exact) mass is 551 g/mol. The fraction of sp³-hybridized carbons (Fsp3) is 0.697. The van der Waals surface area contributed by atoms with Crippen LogP contribution >= 0.6 is 11.3 Å².